The Balaban J connectivity index is 1.97. The highest BCUT2D eigenvalue weighted by atomic mass is 16.5. The summed E-state index contributed by atoms with van der Waals surface area (Å²) >= 11 is 0. The van der Waals surface area contributed by atoms with E-state index < -0.39 is 0 Å². The molecule has 1 aromatic heterocycles. The standard InChI is InChI=1S/C11H17N3O/c12-7-9-3-1-2-4-10(9)15-11-5-6-13-8-14-11/h5-6,8-10H,1-4,7,12H2. The summed E-state index contributed by atoms with van der Waals surface area (Å²) in [4.78, 5) is 7.93. The van der Waals surface area contributed by atoms with E-state index in [-0.39, 0.29) is 6.10 Å². The summed E-state index contributed by atoms with van der Waals surface area (Å²) in [5, 5.41) is 0. The second-order valence-corrected chi connectivity index (χ2v) is 3.98. The average Bonchev–Trinajstić information content (AvgIpc) is 2.31. The molecule has 4 heteroatoms. The zero-order valence-corrected chi connectivity index (χ0v) is 8.80. The number of rotatable bonds is 3. The van der Waals surface area contributed by atoms with Gasteiger partial charge in [0.15, 0.2) is 0 Å². The predicted octanol–water partition coefficient (Wildman–Crippen LogP) is 1.37. The minimum Gasteiger partial charge on any atom is -0.474 e. The van der Waals surface area contributed by atoms with Crippen molar-refractivity contribution in [3.63, 3.8) is 0 Å². The van der Waals surface area contributed by atoms with Crippen molar-refractivity contribution in [1.82, 2.24) is 9.97 Å². The number of nitrogens with two attached hydrogens (primary N) is 1. The van der Waals surface area contributed by atoms with E-state index in [1.807, 2.05) is 0 Å². The Morgan fingerprint density at radius 1 is 1.40 bits per heavy atom. The van der Waals surface area contributed by atoms with Crippen LogP contribution in [0.2, 0.25) is 0 Å². The predicted molar refractivity (Wildman–Crippen MR) is 57.5 cm³/mol. The molecule has 1 fully saturated rings. The Morgan fingerprint density at radius 3 is 3.00 bits per heavy atom. The molecule has 1 aliphatic rings. The highest BCUT2D eigenvalue weighted by Crippen LogP contribution is 2.26. The summed E-state index contributed by atoms with van der Waals surface area (Å²) in [5.41, 5.74) is 5.73. The lowest BCUT2D eigenvalue weighted by Gasteiger charge is -2.30. The van der Waals surface area contributed by atoms with Gasteiger partial charge in [-0.3, -0.25) is 0 Å². The fourth-order valence-electron chi connectivity index (χ4n) is 2.10. The van der Waals surface area contributed by atoms with Crippen LogP contribution in [0.4, 0.5) is 0 Å². The molecule has 4 nitrogen and oxygen atoms in total. The first-order chi connectivity index (χ1) is 7.40. The van der Waals surface area contributed by atoms with Gasteiger partial charge in [-0.25, -0.2) is 9.97 Å². The SMILES string of the molecule is NCC1CCCCC1Oc1ccncn1. The molecule has 0 amide bonds. The molecule has 0 aromatic carbocycles. The molecule has 82 valence electrons. The number of hydrogen-bond donors (Lipinski definition) is 1. The third-order valence-corrected chi connectivity index (χ3v) is 2.97. The molecule has 0 aliphatic heterocycles. The van der Waals surface area contributed by atoms with E-state index in [0.717, 1.165) is 6.42 Å². The van der Waals surface area contributed by atoms with Crippen molar-refractivity contribution in [3.05, 3.63) is 18.6 Å². The van der Waals surface area contributed by atoms with Gasteiger partial charge >= 0.3 is 0 Å². The van der Waals surface area contributed by atoms with Gasteiger partial charge in [-0.1, -0.05) is 6.42 Å². The number of nitrogens with zero attached hydrogens (tertiary/aromatic N) is 2. The summed E-state index contributed by atoms with van der Waals surface area (Å²) in [5.74, 6) is 1.14. The quantitative estimate of drug-likeness (QED) is 0.813. The number of ether oxygens (including phenoxy) is 1. The molecule has 0 bridgehead atoms. The molecule has 2 N–H and O–H groups in total. The van der Waals surface area contributed by atoms with Gasteiger partial charge in [0.25, 0.3) is 0 Å². The highest BCUT2D eigenvalue weighted by Gasteiger charge is 2.25. The molecule has 1 aromatic rings. The lowest BCUT2D eigenvalue weighted by atomic mass is 9.86. The Hall–Kier alpha value is -1.16. The zero-order valence-electron chi connectivity index (χ0n) is 8.80. The van der Waals surface area contributed by atoms with E-state index in [0.29, 0.717) is 18.3 Å². The van der Waals surface area contributed by atoms with Gasteiger partial charge in [0.05, 0.1) is 0 Å². The zero-order chi connectivity index (χ0) is 10.5. The Bertz CT molecular complexity index is 291. The molecule has 0 spiro atoms. The normalized spacial score (nSPS) is 26.2. The van der Waals surface area contributed by atoms with Crippen molar-refractivity contribution in [2.75, 3.05) is 6.54 Å². The Morgan fingerprint density at radius 2 is 2.27 bits per heavy atom. The van der Waals surface area contributed by atoms with E-state index in [1.54, 1.807) is 12.3 Å². The smallest absolute Gasteiger partial charge is 0.216 e. The van der Waals surface area contributed by atoms with Crippen LogP contribution in [0.5, 0.6) is 5.88 Å². The van der Waals surface area contributed by atoms with E-state index in [9.17, 15) is 0 Å². The molecule has 2 unspecified atom stereocenters. The van der Waals surface area contributed by atoms with Gasteiger partial charge in [-0.15, -0.1) is 0 Å². The van der Waals surface area contributed by atoms with Crippen LogP contribution in [-0.2, 0) is 0 Å². The van der Waals surface area contributed by atoms with Gasteiger partial charge in [0, 0.05) is 18.2 Å². The molecule has 1 heterocycles. The lowest BCUT2D eigenvalue weighted by Crippen LogP contribution is -2.35. The lowest BCUT2D eigenvalue weighted by molar-refractivity contribution is 0.0921. The largest absolute Gasteiger partial charge is 0.474 e. The van der Waals surface area contributed by atoms with Crippen molar-refractivity contribution in [1.29, 1.82) is 0 Å². The summed E-state index contributed by atoms with van der Waals surface area (Å²) in [6.45, 7) is 0.704. The van der Waals surface area contributed by atoms with Crippen LogP contribution >= 0.6 is 0 Å². The van der Waals surface area contributed by atoms with Crippen LogP contribution in [0.1, 0.15) is 25.7 Å². The molecular weight excluding hydrogens is 190 g/mol. The first-order valence-electron chi connectivity index (χ1n) is 5.53. The summed E-state index contributed by atoms with van der Waals surface area (Å²) < 4.78 is 5.83. The molecule has 1 aliphatic carbocycles. The van der Waals surface area contributed by atoms with Crippen molar-refractivity contribution in [2.45, 2.75) is 31.8 Å². The van der Waals surface area contributed by atoms with Gasteiger partial charge in [-0.05, 0) is 25.8 Å². The van der Waals surface area contributed by atoms with Crippen molar-refractivity contribution in [2.24, 2.45) is 11.7 Å². The maximum atomic E-state index is 5.83. The Kier molecular flexibility index (Phi) is 3.50. The molecule has 1 saturated carbocycles. The van der Waals surface area contributed by atoms with Gasteiger partial charge in [0.2, 0.25) is 5.88 Å². The van der Waals surface area contributed by atoms with Crippen LogP contribution in [0, 0.1) is 5.92 Å². The topological polar surface area (TPSA) is 61.0 Å². The fourth-order valence-corrected chi connectivity index (χ4v) is 2.10. The van der Waals surface area contributed by atoms with E-state index in [4.69, 9.17) is 10.5 Å². The fraction of sp³-hybridized carbons (Fsp3) is 0.636. The minimum absolute atomic E-state index is 0.235. The first kappa shape index (κ1) is 10.4. The molecular formula is C11H17N3O. The molecule has 2 atom stereocenters. The van der Waals surface area contributed by atoms with Gasteiger partial charge in [0.1, 0.15) is 12.4 Å². The maximum absolute atomic E-state index is 5.83. The van der Waals surface area contributed by atoms with Gasteiger partial charge in [-0.2, -0.15) is 0 Å². The molecule has 0 radical (unpaired) electrons. The monoisotopic (exact) mass is 207 g/mol. The van der Waals surface area contributed by atoms with Crippen LogP contribution in [0.3, 0.4) is 0 Å². The highest BCUT2D eigenvalue weighted by molar-refractivity contribution is 5.05. The van der Waals surface area contributed by atoms with E-state index >= 15 is 0 Å². The third kappa shape index (κ3) is 2.65. The summed E-state index contributed by atoms with van der Waals surface area (Å²) in [6.07, 6.45) is 8.20. The third-order valence-electron chi connectivity index (χ3n) is 2.97. The Labute approximate surface area is 89.9 Å². The molecule has 15 heavy (non-hydrogen) atoms. The average molecular weight is 207 g/mol. The second-order valence-electron chi connectivity index (χ2n) is 3.98. The van der Waals surface area contributed by atoms with Crippen molar-refractivity contribution < 1.29 is 4.74 Å². The minimum atomic E-state index is 0.235. The van der Waals surface area contributed by atoms with Crippen LogP contribution in [0.15, 0.2) is 18.6 Å². The second kappa shape index (κ2) is 5.07. The molecule has 0 saturated heterocycles. The molecule has 2 rings (SSSR count). The van der Waals surface area contributed by atoms with Gasteiger partial charge < -0.3 is 10.5 Å². The van der Waals surface area contributed by atoms with E-state index in [1.165, 1.54) is 25.6 Å². The van der Waals surface area contributed by atoms with E-state index in [2.05, 4.69) is 9.97 Å². The van der Waals surface area contributed by atoms with Crippen molar-refractivity contribution >= 4 is 0 Å². The number of hydrogen-bond acceptors (Lipinski definition) is 4. The maximum Gasteiger partial charge on any atom is 0.216 e. The summed E-state index contributed by atoms with van der Waals surface area (Å²) in [6, 6.07) is 1.79. The van der Waals surface area contributed by atoms with Crippen LogP contribution in [-0.4, -0.2) is 22.6 Å². The van der Waals surface area contributed by atoms with Crippen LogP contribution in [0.25, 0.3) is 0 Å². The van der Waals surface area contributed by atoms with Crippen LogP contribution < -0.4 is 10.5 Å². The first-order valence-corrected chi connectivity index (χ1v) is 5.53. The number of aromatic nitrogens is 2. The summed E-state index contributed by atoms with van der Waals surface area (Å²) in [7, 11) is 0. The van der Waals surface area contributed by atoms with Crippen molar-refractivity contribution in [3.8, 4) is 5.88 Å².